The Morgan fingerprint density at radius 1 is 1.05 bits per heavy atom. The maximum atomic E-state index is 9.26. The number of aryl methyl sites for hydroxylation is 1. The second-order valence-corrected chi connectivity index (χ2v) is 5.78. The number of aromatic nitrogens is 1. The van der Waals surface area contributed by atoms with Crippen molar-refractivity contribution in [2.24, 2.45) is 0 Å². The van der Waals surface area contributed by atoms with Crippen molar-refractivity contribution in [1.29, 1.82) is 5.26 Å². The molecular weight excluding hydrogens is 278 g/mol. The Morgan fingerprint density at radius 3 is 2.33 bits per heavy atom. The number of hydrogen-bond acceptors (Lipinski definition) is 4. The Balaban J connectivity index is 2.26. The minimum atomic E-state index is 0.546. The van der Waals surface area contributed by atoms with Crippen molar-refractivity contribution in [1.82, 2.24) is 4.98 Å². The third-order valence-corrected chi connectivity index (χ3v) is 4.49. The molecule has 3 rings (SSSR count). The Kier molecular flexibility index (Phi) is 3.43. The van der Waals surface area contributed by atoms with Crippen LogP contribution in [0.4, 0.5) is 5.69 Å². The average Bonchev–Trinajstić information content (AvgIpc) is 2.85. The summed E-state index contributed by atoms with van der Waals surface area (Å²) in [6.07, 6.45) is 3.47. The molecular formula is C17H13N3S. The number of pyridine rings is 1. The Bertz CT molecular complexity index is 812. The molecule has 0 saturated carbocycles. The molecule has 0 bridgehead atoms. The van der Waals surface area contributed by atoms with Crippen LogP contribution in [0, 0.1) is 18.3 Å². The number of hydrogen-bond donors (Lipinski definition) is 1. The predicted octanol–water partition coefficient (Wildman–Crippen LogP) is 4.24. The topological polar surface area (TPSA) is 62.7 Å². The standard InChI is InChI=1S/C17H13N3S/c1-11-2-4-13(5-3-11)17-15(12-6-8-20-9-7-12)16(19)14(10-18)21-17/h2-9H,19H2,1H3. The molecule has 0 spiro atoms. The molecule has 3 nitrogen and oxygen atoms in total. The lowest BCUT2D eigenvalue weighted by molar-refractivity contribution is 1.33. The molecule has 0 aliphatic carbocycles. The van der Waals surface area contributed by atoms with E-state index >= 15 is 0 Å². The minimum absolute atomic E-state index is 0.546. The summed E-state index contributed by atoms with van der Waals surface area (Å²) in [6.45, 7) is 2.05. The molecule has 1 aromatic carbocycles. The van der Waals surface area contributed by atoms with Gasteiger partial charge in [-0.25, -0.2) is 0 Å². The highest BCUT2D eigenvalue weighted by molar-refractivity contribution is 7.17. The highest BCUT2D eigenvalue weighted by Crippen LogP contribution is 2.44. The van der Waals surface area contributed by atoms with Crippen LogP contribution in [0.1, 0.15) is 10.4 Å². The lowest BCUT2D eigenvalue weighted by Crippen LogP contribution is -1.89. The maximum absolute atomic E-state index is 9.26. The quantitative estimate of drug-likeness (QED) is 0.768. The van der Waals surface area contributed by atoms with Crippen molar-refractivity contribution in [3.8, 4) is 27.6 Å². The molecule has 0 unspecified atom stereocenters. The van der Waals surface area contributed by atoms with E-state index in [0.717, 1.165) is 21.6 Å². The van der Waals surface area contributed by atoms with Gasteiger partial charge in [0.05, 0.1) is 5.69 Å². The monoisotopic (exact) mass is 291 g/mol. The highest BCUT2D eigenvalue weighted by Gasteiger charge is 2.18. The molecule has 2 aromatic heterocycles. The number of nitriles is 1. The molecule has 2 N–H and O–H groups in total. The van der Waals surface area contributed by atoms with Crippen LogP contribution in [0.5, 0.6) is 0 Å². The van der Waals surface area contributed by atoms with Gasteiger partial charge in [-0.1, -0.05) is 29.8 Å². The first-order chi connectivity index (χ1) is 10.2. The Labute approximate surface area is 127 Å². The molecule has 0 aliphatic heterocycles. The lowest BCUT2D eigenvalue weighted by atomic mass is 10.0. The molecule has 0 fully saturated rings. The highest BCUT2D eigenvalue weighted by atomic mass is 32.1. The van der Waals surface area contributed by atoms with E-state index in [1.807, 2.05) is 12.1 Å². The largest absolute Gasteiger partial charge is 0.396 e. The van der Waals surface area contributed by atoms with Gasteiger partial charge in [0, 0.05) is 22.8 Å². The number of nitrogens with two attached hydrogens (primary N) is 1. The van der Waals surface area contributed by atoms with E-state index in [0.29, 0.717) is 10.6 Å². The van der Waals surface area contributed by atoms with Crippen LogP contribution in [0.15, 0.2) is 48.8 Å². The predicted molar refractivity (Wildman–Crippen MR) is 86.9 cm³/mol. The molecule has 0 radical (unpaired) electrons. The van der Waals surface area contributed by atoms with E-state index in [4.69, 9.17) is 5.73 Å². The number of thiophene rings is 1. The first-order valence-corrected chi connectivity index (χ1v) is 7.32. The SMILES string of the molecule is Cc1ccc(-c2sc(C#N)c(N)c2-c2ccncc2)cc1. The first kappa shape index (κ1) is 13.3. The first-order valence-electron chi connectivity index (χ1n) is 6.50. The number of nitrogen functional groups attached to an aromatic ring is 1. The molecule has 102 valence electrons. The Hall–Kier alpha value is -2.64. The minimum Gasteiger partial charge on any atom is -0.396 e. The van der Waals surface area contributed by atoms with E-state index in [9.17, 15) is 5.26 Å². The fourth-order valence-corrected chi connectivity index (χ4v) is 3.29. The van der Waals surface area contributed by atoms with E-state index in [1.54, 1.807) is 12.4 Å². The van der Waals surface area contributed by atoms with E-state index in [-0.39, 0.29) is 0 Å². The summed E-state index contributed by atoms with van der Waals surface area (Å²) in [5, 5.41) is 9.26. The summed E-state index contributed by atoms with van der Waals surface area (Å²) in [4.78, 5) is 5.62. The van der Waals surface area contributed by atoms with Crippen LogP contribution < -0.4 is 5.73 Å². The zero-order chi connectivity index (χ0) is 14.8. The zero-order valence-electron chi connectivity index (χ0n) is 11.5. The van der Waals surface area contributed by atoms with E-state index < -0.39 is 0 Å². The van der Waals surface area contributed by atoms with Gasteiger partial charge in [-0.2, -0.15) is 5.26 Å². The third kappa shape index (κ3) is 2.39. The van der Waals surface area contributed by atoms with Crippen molar-refractivity contribution in [3.63, 3.8) is 0 Å². The van der Waals surface area contributed by atoms with Crippen molar-refractivity contribution >= 4 is 17.0 Å². The molecule has 0 aliphatic rings. The number of benzene rings is 1. The van der Waals surface area contributed by atoms with Crippen LogP contribution in [-0.4, -0.2) is 4.98 Å². The molecule has 4 heteroatoms. The van der Waals surface area contributed by atoms with Gasteiger partial charge in [-0.05, 0) is 30.2 Å². The van der Waals surface area contributed by atoms with Gasteiger partial charge in [0.1, 0.15) is 10.9 Å². The van der Waals surface area contributed by atoms with Gasteiger partial charge in [-0.15, -0.1) is 11.3 Å². The molecule has 21 heavy (non-hydrogen) atoms. The summed E-state index contributed by atoms with van der Waals surface area (Å²) in [6, 6.07) is 14.3. The van der Waals surface area contributed by atoms with Gasteiger partial charge >= 0.3 is 0 Å². The summed E-state index contributed by atoms with van der Waals surface area (Å²) < 4.78 is 0. The summed E-state index contributed by atoms with van der Waals surface area (Å²) in [5.41, 5.74) is 10.9. The summed E-state index contributed by atoms with van der Waals surface area (Å²) >= 11 is 1.43. The molecule has 2 heterocycles. The normalized spacial score (nSPS) is 10.3. The molecule has 3 aromatic rings. The smallest absolute Gasteiger partial charge is 0.129 e. The van der Waals surface area contributed by atoms with Crippen molar-refractivity contribution in [2.45, 2.75) is 6.92 Å². The summed E-state index contributed by atoms with van der Waals surface area (Å²) in [7, 11) is 0. The number of anilines is 1. The Morgan fingerprint density at radius 2 is 1.71 bits per heavy atom. The van der Waals surface area contributed by atoms with Gasteiger partial charge in [0.2, 0.25) is 0 Å². The van der Waals surface area contributed by atoms with E-state index in [2.05, 4.69) is 42.2 Å². The van der Waals surface area contributed by atoms with Crippen LogP contribution in [0.3, 0.4) is 0 Å². The van der Waals surface area contributed by atoms with Crippen molar-refractivity contribution in [3.05, 3.63) is 59.2 Å². The van der Waals surface area contributed by atoms with Gasteiger partial charge in [-0.3, -0.25) is 4.98 Å². The third-order valence-electron chi connectivity index (χ3n) is 3.33. The molecule has 0 amide bonds. The van der Waals surface area contributed by atoms with Gasteiger partial charge in [0.15, 0.2) is 0 Å². The van der Waals surface area contributed by atoms with Gasteiger partial charge in [0.25, 0.3) is 0 Å². The van der Waals surface area contributed by atoms with Gasteiger partial charge < -0.3 is 5.73 Å². The second kappa shape index (κ2) is 5.39. The fourth-order valence-electron chi connectivity index (χ4n) is 2.24. The molecule has 0 saturated heterocycles. The summed E-state index contributed by atoms with van der Waals surface area (Å²) in [5.74, 6) is 0. The maximum Gasteiger partial charge on any atom is 0.129 e. The van der Waals surface area contributed by atoms with Crippen LogP contribution in [-0.2, 0) is 0 Å². The van der Waals surface area contributed by atoms with Crippen molar-refractivity contribution < 1.29 is 0 Å². The number of nitrogens with zero attached hydrogens (tertiary/aromatic N) is 2. The lowest BCUT2D eigenvalue weighted by Gasteiger charge is -2.06. The van der Waals surface area contributed by atoms with Crippen LogP contribution in [0.25, 0.3) is 21.6 Å². The zero-order valence-corrected chi connectivity index (χ0v) is 12.3. The fraction of sp³-hybridized carbons (Fsp3) is 0.0588. The van der Waals surface area contributed by atoms with Crippen LogP contribution >= 0.6 is 11.3 Å². The molecule has 0 atom stereocenters. The van der Waals surface area contributed by atoms with E-state index in [1.165, 1.54) is 16.9 Å². The van der Waals surface area contributed by atoms with Crippen LogP contribution in [0.2, 0.25) is 0 Å². The average molecular weight is 291 g/mol. The number of rotatable bonds is 2. The second-order valence-electron chi connectivity index (χ2n) is 4.76. The van der Waals surface area contributed by atoms with Crippen molar-refractivity contribution in [2.75, 3.05) is 5.73 Å².